The molecule has 0 bridgehead atoms. The van der Waals surface area contributed by atoms with Gasteiger partial charge in [0, 0.05) is 19.0 Å². The van der Waals surface area contributed by atoms with Gasteiger partial charge in [-0.2, -0.15) is 5.10 Å². The lowest BCUT2D eigenvalue weighted by Gasteiger charge is -2.20. The highest BCUT2D eigenvalue weighted by atomic mass is 16.5. The largest absolute Gasteiger partial charge is 0.496 e. The second-order valence-electron chi connectivity index (χ2n) is 8.94. The summed E-state index contributed by atoms with van der Waals surface area (Å²) in [5.41, 5.74) is 1.81. The minimum atomic E-state index is -1.48. The Morgan fingerprint density at radius 3 is 2.38 bits per heavy atom. The smallest absolute Gasteiger partial charge is 0.272 e. The van der Waals surface area contributed by atoms with E-state index < -0.39 is 6.29 Å². The van der Waals surface area contributed by atoms with Gasteiger partial charge < -0.3 is 25.0 Å². The monoisotopic (exact) mass is 445 g/mol. The molecule has 3 rings (SSSR count). The molecule has 1 aromatic heterocycles. The number of ether oxygens (including phenoxy) is 2. The number of carbonyl (C=O) groups is 1. The average molecular weight is 446 g/mol. The van der Waals surface area contributed by atoms with E-state index in [1.807, 2.05) is 22.9 Å². The summed E-state index contributed by atoms with van der Waals surface area (Å²) in [6, 6.07) is 6.98. The number of benzene rings is 1. The number of rotatable bonds is 12. The standard InChI is InChI=1S/C24H35N3O5/c1-15(2)8-11-17(12-22(28)29)25-24(30)18-13-19(27(26-18)14-16-9-10-16)23-20(31-3)6-5-7-21(23)32-4/h5-7,13,15-17,22,28-29H,8-12,14H2,1-4H3,(H,25,30)/t17-/m0/s1. The quantitative estimate of drug-likeness (QED) is 0.433. The van der Waals surface area contributed by atoms with E-state index in [1.165, 1.54) is 0 Å². The highest BCUT2D eigenvalue weighted by Crippen LogP contribution is 2.40. The van der Waals surface area contributed by atoms with Gasteiger partial charge in [-0.05, 0) is 55.7 Å². The van der Waals surface area contributed by atoms with Crippen molar-refractivity contribution in [2.45, 2.75) is 64.8 Å². The van der Waals surface area contributed by atoms with Crippen molar-refractivity contribution in [1.82, 2.24) is 15.1 Å². The second-order valence-corrected chi connectivity index (χ2v) is 8.94. The number of hydrogen-bond acceptors (Lipinski definition) is 6. The fourth-order valence-corrected chi connectivity index (χ4v) is 3.81. The summed E-state index contributed by atoms with van der Waals surface area (Å²) in [7, 11) is 3.21. The van der Waals surface area contributed by atoms with Gasteiger partial charge in [0.25, 0.3) is 5.91 Å². The SMILES string of the molecule is COc1cccc(OC)c1-c1cc(C(=O)N[C@@H](CCC(C)C)CC(O)O)nn1CC1CC1. The zero-order valence-corrected chi connectivity index (χ0v) is 19.4. The van der Waals surface area contributed by atoms with Gasteiger partial charge in [0.2, 0.25) is 0 Å². The topological polar surface area (TPSA) is 106 Å². The van der Waals surface area contributed by atoms with Gasteiger partial charge in [0.15, 0.2) is 12.0 Å². The van der Waals surface area contributed by atoms with Crippen LogP contribution in [0.3, 0.4) is 0 Å². The molecule has 1 saturated carbocycles. The Kier molecular flexibility index (Phi) is 8.15. The van der Waals surface area contributed by atoms with Crippen molar-refractivity contribution < 1.29 is 24.5 Å². The van der Waals surface area contributed by atoms with E-state index in [0.717, 1.165) is 37.1 Å². The van der Waals surface area contributed by atoms with Crippen LogP contribution in [0.5, 0.6) is 11.5 Å². The number of hydrogen-bond donors (Lipinski definition) is 3. The van der Waals surface area contributed by atoms with Crippen molar-refractivity contribution in [3.63, 3.8) is 0 Å². The first kappa shape index (κ1) is 24.1. The number of aliphatic hydroxyl groups is 2. The highest BCUT2D eigenvalue weighted by molar-refractivity contribution is 5.94. The maximum absolute atomic E-state index is 13.1. The second kappa shape index (κ2) is 10.8. The molecule has 1 aliphatic carbocycles. The molecule has 8 heteroatoms. The van der Waals surface area contributed by atoms with Crippen LogP contribution in [0.4, 0.5) is 0 Å². The molecule has 1 atom stereocenters. The molecule has 2 aromatic rings. The van der Waals surface area contributed by atoms with Crippen molar-refractivity contribution >= 4 is 5.91 Å². The Hall–Kier alpha value is -2.58. The fraction of sp³-hybridized carbons (Fsp3) is 0.583. The van der Waals surface area contributed by atoms with Gasteiger partial charge in [-0.25, -0.2) is 0 Å². The predicted molar refractivity (Wildman–Crippen MR) is 122 cm³/mol. The van der Waals surface area contributed by atoms with Crippen molar-refractivity contribution in [3.8, 4) is 22.8 Å². The molecule has 1 fully saturated rings. The normalized spacial score (nSPS) is 14.6. The molecule has 3 N–H and O–H groups in total. The number of nitrogens with one attached hydrogen (secondary N) is 1. The molecule has 0 radical (unpaired) electrons. The lowest BCUT2D eigenvalue weighted by molar-refractivity contribution is -0.0516. The number of methoxy groups -OCH3 is 2. The molecule has 0 unspecified atom stereocenters. The maximum atomic E-state index is 13.1. The average Bonchev–Trinajstić information content (AvgIpc) is 3.47. The van der Waals surface area contributed by atoms with Crippen molar-refractivity contribution in [1.29, 1.82) is 0 Å². The van der Waals surface area contributed by atoms with Gasteiger partial charge in [0.1, 0.15) is 11.5 Å². The molecular weight excluding hydrogens is 410 g/mol. The lowest BCUT2D eigenvalue weighted by Crippen LogP contribution is -2.38. The minimum Gasteiger partial charge on any atom is -0.496 e. The van der Waals surface area contributed by atoms with Gasteiger partial charge >= 0.3 is 0 Å². The number of amides is 1. The molecule has 0 spiro atoms. The summed E-state index contributed by atoms with van der Waals surface area (Å²) >= 11 is 0. The van der Waals surface area contributed by atoms with Crippen molar-refractivity contribution in [2.75, 3.05) is 14.2 Å². The maximum Gasteiger partial charge on any atom is 0.272 e. The van der Waals surface area contributed by atoms with E-state index in [9.17, 15) is 15.0 Å². The molecule has 0 aliphatic heterocycles. The molecule has 32 heavy (non-hydrogen) atoms. The first-order valence-corrected chi connectivity index (χ1v) is 11.3. The van der Waals surface area contributed by atoms with Crippen LogP contribution in [-0.4, -0.2) is 52.5 Å². The first-order valence-electron chi connectivity index (χ1n) is 11.3. The summed E-state index contributed by atoms with van der Waals surface area (Å²) in [6.07, 6.45) is 2.43. The Labute approximate surface area is 189 Å². The van der Waals surface area contributed by atoms with Crippen LogP contribution >= 0.6 is 0 Å². The van der Waals surface area contributed by atoms with Gasteiger partial charge in [-0.3, -0.25) is 9.48 Å². The van der Waals surface area contributed by atoms with Crippen LogP contribution in [0.15, 0.2) is 24.3 Å². The molecule has 8 nitrogen and oxygen atoms in total. The lowest BCUT2D eigenvalue weighted by atomic mass is 10.0. The molecule has 1 amide bonds. The Morgan fingerprint density at radius 1 is 1.19 bits per heavy atom. The van der Waals surface area contributed by atoms with E-state index in [-0.39, 0.29) is 24.1 Å². The summed E-state index contributed by atoms with van der Waals surface area (Å²) in [5, 5.41) is 26.4. The third-order valence-corrected chi connectivity index (χ3v) is 5.75. The van der Waals surface area contributed by atoms with Crippen molar-refractivity contribution in [3.05, 3.63) is 30.0 Å². The van der Waals surface area contributed by atoms with Gasteiger partial charge in [-0.1, -0.05) is 19.9 Å². The van der Waals surface area contributed by atoms with Gasteiger partial charge in [0.05, 0.1) is 25.5 Å². The van der Waals surface area contributed by atoms with Crippen LogP contribution in [0.1, 0.15) is 56.4 Å². The van der Waals surface area contributed by atoms with Crippen LogP contribution in [0.2, 0.25) is 0 Å². The van der Waals surface area contributed by atoms with Gasteiger partial charge in [-0.15, -0.1) is 0 Å². The number of nitrogens with zero attached hydrogens (tertiary/aromatic N) is 2. The molecule has 176 valence electrons. The Balaban J connectivity index is 1.91. The Bertz CT molecular complexity index is 883. The van der Waals surface area contributed by atoms with Crippen LogP contribution in [-0.2, 0) is 6.54 Å². The number of aromatic nitrogens is 2. The zero-order valence-electron chi connectivity index (χ0n) is 19.4. The molecule has 1 heterocycles. The number of aliphatic hydroxyl groups excluding tert-OH is 1. The fourth-order valence-electron chi connectivity index (χ4n) is 3.81. The molecule has 0 saturated heterocycles. The summed E-state index contributed by atoms with van der Waals surface area (Å²) in [4.78, 5) is 13.1. The van der Waals surface area contributed by atoms with Crippen LogP contribution < -0.4 is 14.8 Å². The van der Waals surface area contributed by atoms with E-state index in [0.29, 0.717) is 29.8 Å². The highest BCUT2D eigenvalue weighted by Gasteiger charge is 2.28. The minimum absolute atomic E-state index is 0.0778. The summed E-state index contributed by atoms with van der Waals surface area (Å²) in [6.45, 7) is 4.91. The van der Waals surface area contributed by atoms with E-state index >= 15 is 0 Å². The molecule has 1 aromatic carbocycles. The zero-order chi connectivity index (χ0) is 23.3. The predicted octanol–water partition coefficient (Wildman–Crippen LogP) is 3.21. The van der Waals surface area contributed by atoms with Crippen LogP contribution in [0, 0.1) is 11.8 Å². The summed E-state index contributed by atoms with van der Waals surface area (Å²) in [5.74, 6) is 1.96. The first-order chi connectivity index (χ1) is 15.3. The van der Waals surface area contributed by atoms with E-state index in [4.69, 9.17) is 9.47 Å². The van der Waals surface area contributed by atoms with E-state index in [1.54, 1.807) is 20.3 Å². The van der Waals surface area contributed by atoms with Crippen LogP contribution in [0.25, 0.3) is 11.3 Å². The third-order valence-electron chi connectivity index (χ3n) is 5.75. The van der Waals surface area contributed by atoms with Crippen molar-refractivity contribution in [2.24, 2.45) is 11.8 Å². The third kappa shape index (κ3) is 6.23. The number of carbonyl (C=O) groups excluding carboxylic acids is 1. The summed E-state index contributed by atoms with van der Waals surface area (Å²) < 4.78 is 13.0. The molecular formula is C24H35N3O5. The molecule has 1 aliphatic rings. The Morgan fingerprint density at radius 2 is 1.84 bits per heavy atom. The van der Waals surface area contributed by atoms with E-state index in [2.05, 4.69) is 24.3 Å².